The van der Waals surface area contributed by atoms with E-state index in [0.29, 0.717) is 12.3 Å². The number of rotatable bonds is 5. The number of hydrogen-bond acceptors (Lipinski definition) is 3. The molecule has 1 atom stereocenters. The van der Waals surface area contributed by atoms with Crippen molar-refractivity contribution in [3.63, 3.8) is 0 Å². The number of carbonyl (C=O) groups is 2. The second-order valence-electron chi connectivity index (χ2n) is 9.34. The minimum absolute atomic E-state index is 0.0572. The molecule has 0 unspecified atom stereocenters. The molecule has 4 heteroatoms. The molecule has 0 aliphatic carbocycles. The molecule has 0 bridgehead atoms. The maximum Gasteiger partial charge on any atom is 0.316 e. The maximum absolute atomic E-state index is 12.9. The first-order valence-corrected chi connectivity index (χ1v) is 11.6. The van der Waals surface area contributed by atoms with Gasteiger partial charge >= 0.3 is 5.97 Å². The van der Waals surface area contributed by atoms with E-state index in [-0.39, 0.29) is 23.7 Å². The Bertz CT molecular complexity index is 1340. The third-order valence-electron chi connectivity index (χ3n) is 6.81. The molecule has 1 fully saturated rings. The molecular weight excluding hydrogens is 422 g/mol. The molecule has 1 heterocycles. The SMILES string of the molecule is CC(C)(c1ccccc1)c1ccc(OC(=O)[C@@H]2CC(=O)N(c3cccc4ccccc34)C2)cc1. The summed E-state index contributed by atoms with van der Waals surface area (Å²) in [6, 6.07) is 31.8. The Morgan fingerprint density at radius 3 is 2.24 bits per heavy atom. The number of benzene rings is 4. The molecule has 170 valence electrons. The summed E-state index contributed by atoms with van der Waals surface area (Å²) in [5.74, 6) is -0.426. The van der Waals surface area contributed by atoms with E-state index in [1.165, 1.54) is 5.56 Å². The number of carbonyl (C=O) groups excluding carboxylic acids is 2. The fraction of sp³-hybridized carbons (Fsp3) is 0.200. The Morgan fingerprint density at radius 1 is 0.824 bits per heavy atom. The number of ether oxygens (including phenoxy) is 1. The maximum atomic E-state index is 12.9. The molecule has 0 aromatic heterocycles. The van der Waals surface area contributed by atoms with Crippen LogP contribution in [0.5, 0.6) is 5.75 Å². The highest BCUT2D eigenvalue weighted by Gasteiger charge is 2.37. The Hall–Kier alpha value is -3.92. The standard InChI is InChI=1S/C30H27NO3/c1-30(2,23-11-4-3-5-12-23)24-15-17-25(18-16-24)34-29(33)22-19-28(32)31(20-22)27-14-8-10-21-9-6-7-13-26(21)27/h3-18,22H,19-20H2,1-2H3/t22-/m1/s1. The zero-order valence-electron chi connectivity index (χ0n) is 19.4. The van der Waals surface area contributed by atoms with Crippen LogP contribution in [-0.4, -0.2) is 18.4 Å². The quantitative estimate of drug-likeness (QED) is 0.272. The van der Waals surface area contributed by atoms with Gasteiger partial charge in [-0.1, -0.05) is 92.7 Å². The van der Waals surface area contributed by atoms with Crippen molar-refractivity contribution in [2.45, 2.75) is 25.7 Å². The second kappa shape index (κ2) is 8.79. The number of nitrogens with zero attached hydrogens (tertiary/aromatic N) is 1. The highest BCUT2D eigenvalue weighted by Crippen LogP contribution is 2.34. The topological polar surface area (TPSA) is 46.6 Å². The molecule has 4 aromatic rings. The van der Waals surface area contributed by atoms with Crippen LogP contribution in [0.25, 0.3) is 10.8 Å². The molecule has 0 spiro atoms. The van der Waals surface area contributed by atoms with E-state index in [1.807, 2.05) is 84.9 Å². The van der Waals surface area contributed by atoms with Crippen molar-refractivity contribution < 1.29 is 14.3 Å². The first-order valence-electron chi connectivity index (χ1n) is 11.6. The third-order valence-corrected chi connectivity index (χ3v) is 6.81. The zero-order valence-corrected chi connectivity index (χ0v) is 19.4. The van der Waals surface area contributed by atoms with Gasteiger partial charge in [0.15, 0.2) is 0 Å². The summed E-state index contributed by atoms with van der Waals surface area (Å²) in [7, 11) is 0. The second-order valence-corrected chi connectivity index (χ2v) is 9.34. The van der Waals surface area contributed by atoms with Crippen molar-refractivity contribution in [2.75, 3.05) is 11.4 Å². The van der Waals surface area contributed by atoms with Crippen LogP contribution in [0, 0.1) is 5.92 Å². The van der Waals surface area contributed by atoms with Crippen LogP contribution in [0.2, 0.25) is 0 Å². The van der Waals surface area contributed by atoms with E-state index in [0.717, 1.165) is 22.0 Å². The van der Waals surface area contributed by atoms with E-state index >= 15 is 0 Å². The normalized spacial score (nSPS) is 16.1. The molecule has 1 saturated heterocycles. The fourth-order valence-corrected chi connectivity index (χ4v) is 4.70. The van der Waals surface area contributed by atoms with Crippen molar-refractivity contribution in [2.24, 2.45) is 5.92 Å². The number of fused-ring (bicyclic) bond motifs is 1. The summed E-state index contributed by atoms with van der Waals surface area (Å²) in [6.07, 6.45) is 0.154. The van der Waals surface area contributed by atoms with E-state index in [1.54, 1.807) is 4.90 Å². The summed E-state index contributed by atoms with van der Waals surface area (Å²) in [6.45, 7) is 4.68. The number of amides is 1. The molecule has 0 radical (unpaired) electrons. The van der Waals surface area contributed by atoms with E-state index in [4.69, 9.17) is 4.74 Å². The number of hydrogen-bond donors (Lipinski definition) is 0. The van der Waals surface area contributed by atoms with Crippen LogP contribution < -0.4 is 9.64 Å². The zero-order chi connectivity index (χ0) is 23.7. The predicted molar refractivity (Wildman–Crippen MR) is 135 cm³/mol. The lowest BCUT2D eigenvalue weighted by molar-refractivity contribution is -0.139. The van der Waals surface area contributed by atoms with Gasteiger partial charge in [0, 0.05) is 23.8 Å². The van der Waals surface area contributed by atoms with Crippen molar-refractivity contribution in [1.29, 1.82) is 0 Å². The molecule has 0 N–H and O–H groups in total. The van der Waals surface area contributed by atoms with Gasteiger partial charge < -0.3 is 9.64 Å². The summed E-state index contributed by atoms with van der Waals surface area (Å²) in [5, 5.41) is 2.07. The van der Waals surface area contributed by atoms with Gasteiger partial charge in [-0.05, 0) is 34.7 Å². The van der Waals surface area contributed by atoms with Gasteiger partial charge in [-0.2, -0.15) is 0 Å². The summed E-state index contributed by atoms with van der Waals surface area (Å²) in [5.41, 5.74) is 3.03. The number of anilines is 1. The molecule has 1 aliphatic heterocycles. The van der Waals surface area contributed by atoms with Gasteiger partial charge in [-0.3, -0.25) is 9.59 Å². The lowest BCUT2D eigenvalue weighted by Gasteiger charge is -2.26. The lowest BCUT2D eigenvalue weighted by atomic mass is 9.78. The van der Waals surface area contributed by atoms with Crippen LogP contribution in [0.3, 0.4) is 0 Å². The third kappa shape index (κ3) is 4.08. The van der Waals surface area contributed by atoms with Crippen LogP contribution >= 0.6 is 0 Å². The van der Waals surface area contributed by atoms with Crippen LogP contribution in [0.4, 0.5) is 5.69 Å². The Kier molecular flexibility index (Phi) is 5.66. The largest absolute Gasteiger partial charge is 0.426 e. The van der Waals surface area contributed by atoms with Crippen molar-refractivity contribution in [1.82, 2.24) is 0 Å². The molecule has 4 nitrogen and oxygen atoms in total. The van der Waals surface area contributed by atoms with Gasteiger partial charge in [0.05, 0.1) is 11.6 Å². The molecule has 1 aliphatic rings. The summed E-state index contributed by atoms with van der Waals surface area (Å²) < 4.78 is 5.67. The molecule has 4 aromatic carbocycles. The summed E-state index contributed by atoms with van der Waals surface area (Å²) >= 11 is 0. The number of esters is 1. The fourth-order valence-electron chi connectivity index (χ4n) is 4.70. The predicted octanol–water partition coefficient (Wildman–Crippen LogP) is 6.12. The Balaban J connectivity index is 1.29. The first kappa shape index (κ1) is 21.9. The van der Waals surface area contributed by atoms with Crippen molar-refractivity contribution in [3.05, 3.63) is 108 Å². The van der Waals surface area contributed by atoms with Crippen LogP contribution in [0.1, 0.15) is 31.4 Å². The van der Waals surface area contributed by atoms with E-state index in [2.05, 4.69) is 26.0 Å². The minimum atomic E-state index is -0.494. The van der Waals surface area contributed by atoms with E-state index in [9.17, 15) is 9.59 Å². The highest BCUT2D eigenvalue weighted by atomic mass is 16.5. The van der Waals surface area contributed by atoms with Gasteiger partial charge in [-0.15, -0.1) is 0 Å². The smallest absolute Gasteiger partial charge is 0.316 e. The molecular formula is C30H27NO3. The molecule has 1 amide bonds. The van der Waals surface area contributed by atoms with Gasteiger partial charge in [0.25, 0.3) is 0 Å². The van der Waals surface area contributed by atoms with E-state index < -0.39 is 5.92 Å². The van der Waals surface area contributed by atoms with Crippen LogP contribution in [0.15, 0.2) is 97.1 Å². The summed E-state index contributed by atoms with van der Waals surface area (Å²) in [4.78, 5) is 27.4. The first-order chi connectivity index (χ1) is 16.4. The van der Waals surface area contributed by atoms with Gasteiger partial charge in [-0.25, -0.2) is 0 Å². The van der Waals surface area contributed by atoms with Gasteiger partial charge in [0.1, 0.15) is 5.75 Å². The highest BCUT2D eigenvalue weighted by molar-refractivity contribution is 6.06. The van der Waals surface area contributed by atoms with Crippen molar-refractivity contribution in [3.8, 4) is 5.75 Å². The Morgan fingerprint density at radius 2 is 1.47 bits per heavy atom. The average molecular weight is 450 g/mol. The lowest BCUT2D eigenvalue weighted by Crippen LogP contribution is -2.27. The van der Waals surface area contributed by atoms with Crippen molar-refractivity contribution >= 4 is 28.3 Å². The average Bonchev–Trinajstić information content (AvgIpc) is 3.26. The van der Waals surface area contributed by atoms with Crippen LogP contribution in [-0.2, 0) is 15.0 Å². The Labute approximate surface area is 199 Å². The van der Waals surface area contributed by atoms with Gasteiger partial charge in [0.2, 0.25) is 5.91 Å². The molecule has 5 rings (SSSR count). The molecule has 34 heavy (non-hydrogen) atoms. The molecule has 0 saturated carbocycles. The minimum Gasteiger partial charge on any atom is -0.426 e. The monoisotopic (exact) mass is 449 g/mol.